The summed E-state index contributed by atoms with van der Waals surface area (Å²) in [7, 11) is 4.63. The number of likely N-dealkylation sites (tertiary alicyclic amines) is 1. The van der Waals surface area contributed by atoms with Crippen molar-refractivity contribution in [3.05, 3.63) is 0 Å². The van der Waals surface area contributed by atoms with Crippen LogP contribution in [0.25, 0.3) is 0 Å². The number of piperidine rings is 1. The monoisotopic (exact) mass is 267 g/mol. The zero-order valence-electron chi connectivity index (χ0n) is 13.4. The summed E-state index contributed by atoms with van der Waals surface area (Å²) in [6.45, 7) is 9.51. The first kappa shape index (κ1) is 15.3. The predicted molar refractivity (Wildman–Crippen MR) is 82.5 cm³/mol. The topological polar surface area (TPSA) is 18.5 Å². The zero-order chi connectivity index (χ0) is 13.8. The lowest BCUT2D eigenvalue weighted by molar-refractivity contribution is 0.0225. The first-order valence-corrected chi connectivity index (χ1v) is 8.19. The molecule has 2 rings (SSSR count). The van der Waals surface area contributed by atoms with Gasteiger partial charge >= 0.3 is 0 Å². The highest BCUT2D eigenvalue weighted by Crippen LogP contribution is 2.33. The highest BCUT2D eigenvalue weighted by atomic mass is 15.2. The summed E-state index contributed by atoms with van der Waals surface area (Å²) in [5, 5.41) is 3.65. The summed E-state index contributed by atoms with van der Waals surface area (Å²) < 4.78 is 0. The number of likely N-dealkylation sites (N-methyl/N-ethyl adjacent to an activating group) is 2. The molecule has 1 aliphatic heterocycles. The van der Waals surface area contributed by atoms with Crippen molar-refractivity contribution in [3.8, 4) is 0 Å². The average molecular weight is 267 g/mol. The van der Waals surface area contributed by atoms with Crippen LogP contribution in [0, 0.1) is 11.8 Å². The number of nitrogens with one attached hydrogen (secondary N) is 1. The largest absolute Gasteiger partial charge is 0.316 e. The van der Waals surface area contributed by atoms with Crippen molar-refractivity contribution in [3.63, 3.8) is 0 Å². The second-order valence-corrected chi connectivity index (χ2v) is 7.18. The zero-order valence-corrected chi connectivity index (χ0v) is 13.4. The van der Waals surface area contributed by atoms with E-state index in [1.165, 1.54) is 51.9 Å². The molecule has 0 aromatic rings. The van der Waals surface area contributed by atoms with Crippen LogP contribution in [0.2, 0.25) is 0 Å². The highest BCUT2D eigenvalue weighted by molar-refractivity contribution is 4.92. The van der Waals surface area contributed by atoms with Gasteiger partial charge < -0.3 is 10.2 Å². The van der Waals surface area contributed by atoms with Gasteiger partial charge in [-0.25, -0.2) is 0 Å². The summed E-state index contributed by atoms with van der Waals surface area (Å²) in [5.74, 6) is 1.65. The molecule has 0 aromatic carbocycles. The molecule has 3 nitrogen and oxygen atoms in total. The maximum Gasteiger partial charge on any atom is 0.0223 e. The molecule has 0 bridgehead atoms. The minimum Gasteiger partial charge on any atom is -0.316 e. The van der Waals surface area contributed by atoms with Gasteiger partial charge in [-0.1, -0.05) is 13.8 Å². The Bertz CT molecular complexity index is 267. The molecule has 0 amide bonds. The van der Waals surface area contributed by atoms with Crippen LogP contribution in [0.3, 0.4) is 0 Å². The van der Waals surface area contributed by atoms with E-state index >= 15 is 0 Å². The molecule has 0 aromatic heterocycles. The van der Waals surface area contributed by atoms with E-state index in [9.17, 15) is 0 Å². The smallest absolute Gasteiger partial charge is 0.0223 e. The average Bonchev–Trinajstić information content (AvgIpc) is 2.33. The fraction of sp³-hybridized carbons (Fsp3) is 1.00. The van der Waals surface area contributed by atoms with Gasteiger partial charge in [-0.15, -0.1) is 0 Å². The Hall–Kier alpha value is -0.120. The standard InChI is InChI=1S/C16H33N3/c1-13(2)10-17-11-14-7-8-16(14)19(4)15-6-5-9-18(3)12-15/h13-17H,5-12H2,1-4H3. The number of rotatable bonds is 6. The Morgan fingerprint density at radius 3 is 2.63 bits per heavy atom. The number of hydrogen-bond acceptors (Lipinski definition) is 3. The van der Waals surface area contributed by atoms with E-state index in [2.05, 4.69) is 43.1 Å². The van der Waals surface area contributed by atoms with E-state index < -0.39 is 0 Å². The normalized spacial score (nSPS) is 32.8. The molecule has 1 heterocycles. The van der Waals surface area contributed by atoms with Gasteiger partial charge in [0, 0.05) is 18.6 Å². The van der Waals surface area contributed by atoms with Crippen LogP contribution in [0.4, 0.5) is 0 Å². The van der Waals surface area contributed by atoms with Crippen LogP contribution in [0.1, 0.15) is 39.5 Å². The summed E-state index contributed by atoms with van der Waals surface area (Å²) >= 11 is 0. The maximum absolute atomic E-state index is 3.65. The molecule has 112 valence electrons. The van der Waals surface area contributed by atoms with E-state index in [4.69, 9.17) is 0 Å². The molecule has 1 aliphatic carbocycles. The molecule has 3 heteroatoms. The lowest BCUT2D eigenvalue weighted by Crippen LogP contribution is -2.56. The van der Waals surface area contributed by atoms with Gasteiger partial charge in [-0.2, -0.15) is 0 Å². The Morgan fingerprint density at radius 1 is 1.26 bits per heavy atom. The Morgan fingerprint density at radius 2 is 2.05 bits per heavy atom. The third-order valence-corrected chi connectivity index (χ3v) is 5.04. The molecule has 1 N–H and O–H groups in total. The Labute approximate surface area is 119 Å². The van der Waals surface area contributed by atoms with E-state index in [0.29, 0.717) is 0 Å². The minimum absolute atomic E-state index is 0.767. The molecule has 1 saturated heterocycles. The van der Waals surface area contributed by atoms with Crippen LogP contribution < -0.4 is 5.32 Å². The van der Waals surface area contributed by atoms with Crippen LogP contribution in [0.5, 0.6) is 0 Å². The molecular weight excluding hydrogens is 234 g/mol. The molecule has 2 aliphatic rings. The van der Waals surface area contributed by atoms with Crippen LogP contribution in [0.15, 0.2) is 0 Å². The lowest BCUT2D eigenvalue weighted by atomic mass is 9.77. The quantitative estimate of drug-likeness (QED) is 0.794. The van der Waals surface area contributed by atoms with Gasteiger partial charge in [0.05, 0.1) is 0 Å². The molecule has 3 unspecified atom stereocenters. The molecule has 0 radical (unpaired) electrons. The first-order valence-electron chi connectivity index (χ1n) is 8.19. The van der Waals surface area contributed by atoms with Crippen LogP contribution in [-0.4, -0.2) is 62.2 Å². The van der Waals surface area contributed by atoms with Crippen molar-refractivity contribution < 1.29 is 0 Å². The van der Waals surface area contributed by atoms with Gasteiger partial charge in [-0.3, -0.25) is 4.90 Å². The minimum atomic E-state index is 0.767. The number of nitrogens with zero attached hydrogens (tertiary/aromatic N) is 2. The fourth-order valence-corrected chi connectivity index (χ4v) is 3.63. The second kappa shape index (κ2) is 7.05. The lowest BCUT2D eigenvalue weighted by Gasteiger charge is -2.48. The summed E-state index contributed by atoms with van der Waals surface area (Å²) in [4.78, 5) is 5.19. The predicted octanol–water partition coefficient (Wildman–Crippen LogP) is 2.04. The van der Waals surface area contributed by atoms with Gasteiger partial charge in [-0.05, 0) is 71.2 Å². The third-order valence-electron chi connectivity index (χ3n) is 5.04. The SMILES string of the molecule is CC(C)CNCC1CCC1N(C)C1CCCN(C)C1. The van der Waals surface area contributed by atoms with Crippen molar-refractivity contribution in [2.45, 2.75) is 51.6 Å². The van der Waals surface area contributed by atoms with Crippen LogP contribution >= 0.6 is 0 Å². The third kappa shape index (κ3) is 4.17. The summed E-state index contributed by atoms with van der Waals surface area (Å²) in [6, 6.07) is 1.62. The first-order chi connectivity index (χ1) is 9.08. The molecule has 1 saturated carbocycles. The van der Waals surface area contributed by atoms with Gasteiger partial charge in [0.25, 0.3) is 0 Å². The maximum atomic E-state index is 3.65. The molecule has 2 fully saturated rings. The van der Waals surface area contributed by atoms with E-state index in [0.717, 1.165) is 23.9 Å². The fourth-order valence-electron chi connectivity index (χ4n) is 3.63. The Kier molecular flexibility index (Phi) is 5.67. The summed E-state index contributed by atoms with van der Waals surface area (Å²) in [5.41, 5.74) is 0. The number of hydrogen-bond donors (Lipinski definition) is 1. The van der Waals surface area contributed by atoms with Crippen molar-refractivity contribution >= 4 is 0 Å². The van der Waals surface area contributed by atoms with Crippen molar-refractivity contribution in [2.75, 3.05) is 40.3 Å². The van der Waals surface area contributed by atoms with Gasteiger partial charge in [0.2, 0.25) is 0 Å². The second-order valence-electron chi connectivity index (χ2n) is 7.18. The summed E-state index contributed by atoms with van der Waals surface area (Å²) in [6.07, 6.45) is 5.59. The van der Waals surface area contributed by atoms with Crippen molar-refractivity contribution in [1.29, 1.82) is 0 Å². The molecule has 19 heavy (non-hydrogen) atoms. The molecule has 0 spiro atoms. The Balaban J connectivity index is 1.74. The van der Waals surface area contributed by atoms with Crippen molar-refractivity contribution in [1.82, 2.24) is 15.1 Å². The van der Waals surface area contributed by atoms with Gasteiger partial charge in [0.15, 0.2) is 0 Å². The van der Waals surface area contributed by atoms with Crippen LogP contribution in [-0.2, 0) is 0 Å². The van der Waals surface area contributed by atoms with Gasteiger partial charge in [0.1, 0.15) is 0 Å². The molecule has 3 atom stereocenters. The van der Waals surface area contributed by atoms with E-state index in [-0.39, 0.29) is 0 Å². The highest BCUT2D eigenvalue weighted by Gasteiger charge is 2.36. The van der Waals surface area contributed by atoms with Crippen molar-refractivity contribution in [2.24, 2.45) is 11.8 Å². The van der Waals surface area contributed by atoms with E-state index in [1.54, 1.807) is 0 Å². The molecular formula is C16H33N3. The van der Waals surface area contributed by atoms with E-state index in [1.807, 2.05) is 0 Å².